The van der Waals surface area contributed by atoms with Gasteiger partial charge in [0.15, 0.2) is 18.2 Å². The van der Waals surface area contributed by atoms with Gasteiger partial charge in [-0.3, -0.25) is 14.4 Å². The number of halogens is 1. The third kappa shape index (κ3) is 7.80. The molecule has 12 nitrogen and oxygen atoms in total. The van der Waals surface area contributed by atoms with E-state index in [-0.39, 0.29) is 36.5 Å². The lowest BCUT2D eigenvalue weighted by Gasteiger charge is -2.28. The van der Waals surface area contributed by atoms with Crippen LogP contribution < -0.4 is 15.4 Å². The number of rotatable bonds is 10. The molecule has 0 atom stereocenters. The molecule has 2 aromatic heterocycles. The minimum absolute atomic E-state index is 0.0491. The Balaban J connectivity index is 1.31. The first-order chi connectivity index (χ1) is 19.2. The summed E-state index contributed by atoms with van der Waals surface area (Å²) in [6.45, 7) is 3.54. The van der Waals surface area contributed by atoms with E-state index in [9.17, 15) is 18.8 Å². The number of hydrogen-bond donors (Lipinski definition) is 2. The van der Waals surface area contributed by atoms with E-state index in [2.05, 4.69) is 31.0 Å². The van der Waals surface area contributed by atoms with Crippen LogP contribution in [0.5, 0.6) is 5.75 Å². The van der Waals surface area contributed by atoms with E-state index in [1.54, 1.807) is 29.9 Å². The molecule has 0 spiro atoms. The average molecular weight is 554 g/mol. The maximum atomic E-state index is 13.7. The Labute approximate surface area is 230 Å². The highest BCUT2D eigenvalue weighted by atomic mass is 19.1. The van der Waals surface area contributed by atoms with Crippen LogP contribution in [0.2, 0.25) is 0 Å². The van der Waals surface area contributed by atoms with Gasteiger partial charge >= 0.3 is 5.97 Å². The molecule has 1 aromatic carbocycles. The minimum Gasteiger partial charge on any atom is -0.494 e. The maximum absolute atomic E-state index is 13.7. The number of aromatic nitrogens is 5. The molecule has 1 aliphatic rings. The predicted molar refractivity (Wildman–Crippen MR) is 140 cm³/mol. The van der Waals surface area contributed by atoms with Crippen LogP contribution in [0.1, 0.15) is 54.4 Å². The standard InChI is InChI=1S/C27H32FN7O5/c1-16-10-20(12-23(30-16)27(38)29-13-19-6-9-22(28)24(11-19)39-3)26-32-34-35(33-26)14-18-4-7-21(8-5-18)31-25(37)15-40-17(2)36/h6,9-12,18,21H,4-5,7-8,13-15H2,1-3H3,(H,29,38)(H,31,37). The highest BCUT2D eigenvalue weighted by Crippen LogP contribution is 2.26. The van der Waals surface area contributed by atoms with E-state index < -0.39 is 17.7 Å². The van der Waals surface area contributed by atoms with Crippen molar-refractivity contribution < 1.29 is 28.2 Å². The molecule has 2 heterocycles. The number of methoxy groups -OCH3 is 1. The van der Waals surface area contributed by atoms with Crippen molar-refractivity contribution in [2.24, 2.45) is 5.92 Å². The lowest BCUT2D eigenvalue weighted by Crippen LogP contribution is -2.40. The molecule has 0 bridgehead atoms. The zero-order chi connectivity index (χ0) is 28.6. The quantitative estimate of drug-likeness (QED) is 0.361. The van der Waals surface area contributed by atoms with Crippen molar-refractivity contribution in [2.75, 3.05) is 13.7 Å². The Morgan fingerprint density at radius 3 is 2.62 bits per heavy atom. The number of tetrazole rings is 1. The van der Waals surface area contributed by atoms with Crippen LogP contribution in [0.4, 0.5) is 4.39 Å². The summed E-state index contributed by atoms with van der Waals surface area (Å²) in [5.41, 5.74) is 2.13. The average Bonchev–Trinajstić information content (AvgIpc) is 3.40. The van der Waals surface area contributed by atoms with E-state index in [0.717, 1.165) is 25.7 Å². The fourth-order valence-electron chi connectivity index (χ4n) is 4.59. The van der Waals surface area contributed by atoms with Gasteiger partial charge in [0.2, 0.25) is 5.82 Å². The van der Waals surface area contributed by atoms with Crippen LogP contribution >= 0.6 is 0 Å². The fourth-order valence-corrected chi connectivity index (χ4v) is 4.59. The van der Waals surface area contributed by atoms with Gasteiger partial charge in [-0.25, -0.2) is 9.37 Å². The minimum atomic E-state index is -0.483. The van der Waals surface area contributed by atoms with Crippen molar-refractivity contribution in [3.63, 3.8) is 0 Å². The van der Waals surface area contributed by atoms with E-state index in [1.165, 1.54) is 26.2 Å². The van der Waals surface area contributed by atoms with Crippen LogP contribution in [-0.2, 0) is 27.4 Å². The van der Waals surface area contributed by atoms with Crippen molar-refractivity contribution in [3.8, 4) is 17.1 Å². The Hall–Kier alpha value is -4.42. The van der Waals surface area contributed by atoms with Gasteiger partial charge in [-0.1, -0.05) is 6.07 Å². The van der Waals surface area contributed by atoms with E-state index >= 15 is 0 Å². The van der Waals surface area contributed by atoms with Crippen LogP contribution in [0.25, 0.3) is 11.4 Å². The second-order valence-corrected chi connectivity index (χ2v) is 9.77. The molecule has 0 aliphatic heterocycles. The van der Waals surface area contributed by atoms with Gasteiger partial charge in [0, 0.05) is 30.8 Å². The first kappa shape index (κ1) is 28.6. The molecular formula is C27H32FN7O5. The summed E-state index contributed by atoms with van der Waals surface area (Å²) in [6.07, 6.45) is 3.39. The zero-order valence-corrected chi connectivity index (χ0v) is 22.6. The molecule has 0 saturated heterocycles. The summed E-state index contributed by atoms with van der Waals surface area (Å²) in [5, 5.41) is 18.6. The number of carbonyl (C=O) groups excluding carboxylic acids is 3. The van der Waals surface area contributed by atoms with Gasteiger partial charge in [0.1, 0.15) is 5.69 Å². The van der Waals surface area contributed by atoms with Gasteiger partial charge in [0.25, 0.3) is 11.8 Å². The van der Waals surface area contributed by atoms with Crippen molar-refractivity contribution in [2.45, 2.75) is 58.7 Å². The number of aryl methyl sites for hydroxylation is 1. The second kappa shape index (κ2) is 13.1. The molecule has 1 aliphatic carbocycles. The molecule has 13 heteroatoms. The number of carbonyl (C=O) groups is 3. The molecule has 2 amide bonds. The molecule has 2 N–H and O–H groups in total. The largest absolute Gasteiger partial charge is 0.494 e. The first-order valence-electron chi connectivity index (χ1n) is 13.0. The number of esters is 1. The Morgan fingerprint density at radius 2 is 1.90 bits per heavy atom. The Morgan fingerprint density at radius 1 is 1.12 bits per heavy atom. The zero-order valence-electron chi connectivity index (χ0n) is 22.6. The lowest BCUT2D eigenvalue weighted by molar-refractivity contribution is -0.146. The summed E-state index contributed by atoms with van der Waals surface area (Å²) < 4.78 is 23.4. The van der Waals surface area contributed by atoms with Crippen LogP contribution in [0.15, 0.2) is 30.3 Å². The smallest absolute Gasteiger partial charge is 0.303 e. The van der Waals surface area contributed by atoms with Gasteiger partial charge in [-0.05, 0) is 73.6 Å². The number of benzene rings is 1. The fraction of sp³-hybridized carbons (Fsp3) is 0.444. The molecule has 3 aromatic rings. The third-order valence-corrected chi connectivity index (χ3v) is 6.61. The normalized spacial score (nSPS) is 16.7. The molecule has 0 radical (unpaired) electrons. The summed E-state index contributed by atoms with van der Waals surface area (Å²) >= 11 is 0. The number of ether oxygens (including phenoxy) is 2. The number of nitrogens with one attached hydrogen (secondary N) is 2. The van der Waals surface area contributed by atoms with Crippen LogP contribution in [0, 0.1) is 18.7 Å². The van der Waals surface area contributed by atoms with E-state index in [4.69, 9.17) is 9.47 Å². The summed E-state index contributed by atoms with van der Waals surface area (Å²) in [4.78, 5) is 41.4. The van der Waals surface area contributed by atoms with Crippen LogP contribution in [0.3, 0.4) is 0 Å². The maximum Gasteiger partial charge on any atom is 0.303 e. The molecule has 4 rings (SSSR count). The summed E-state index contributed by atoms with van der Waals surface area (Å²) in [5.74, 6) is -0.827. The van der Waals surface area contributed by atoms with Gasteiger partial charge in [-0.2, -0.15) is 4.80 Å². The Kier molecular flexibility index (Phi) is 9.35. The van der Waals surface area contributed by atoms with E-state index in [1.807, 2.05) is 0 Å². The number of pyridine rings is 1. The summed E-state index contributed by atoms with van der Waals surface area (Å²) in [6, 6.07) is 7.83. The van der Waals surface area contributed by atoms with Crippen molar-refractivity contribution in [3.05, 3.63) is 53.1 Å². The number of nitrogens with zero attached hydrogens (tertiary/aromatic N) is 5. The van der Waals surface area contributed by atoms with Crippen molar-refractivity contribution in [1.29, 1.82) is 0 Å². The van der Waals surface area contributed by atoms with Gasteiger partial charge in [-0.15, -0.1) is 10.2 Å². The summed E-state index contributed by atoms with van der Waals surface area (Å²) in [7, 11) is 1.38. The SMILES string of the molecule is COc1cc(CNC(=O)c2cc(-c3nnn(CC4CCC(NC(=O)COC(C)=O)CC4)n3)cc(C)n2)ccc1F. The number of hydrogen-bond acceptors (Lipinski definition) is 9. The molecular weight excluding hydrogens is 521 g/mol. The lowest BCUT2D eigenvalue weighted by atomic mass is 9.86. The van der Waals surface area contributed by atoms with Crippen LogP contribution in [-0.4, -0.2) is 62.7 Å². The van der Waals surface area contributed by atoms with Crippen molar-refractivity contribution >= 4 is 17.8 Å². The monoisotopic (exact) mass is 553 g/mol. The Bertz CT molecular complexity index is 1370. The van der Waals surface area contributed by atoms with Gasteiger partial charge in [0.05, 0.1) is 13.7 Å². The molecule has 212 valence electrons. The number of amides is 2. The molecule has 0 unspecified atom stereocenters. The van der Waals surface area contributed by atoms with Gasteiger partial charge < -0.3 is 20.1 Å². The predicted octanol–water partition coefficient (Wildman–Crippen LogP) is 2.36. The molecule has 40 heavy (non-hydrogen) atoms. The third-order valence-electron chi connectivity index (χ3n) is 6.61. The highest BCUT2D eigenvalue weighted by Gasteiger charge is 2.24. The topological polar surface area (TPSA) is 150 Å². The second-order valence-electron chi connectivity index (χ2n) is 9.77. The molecule has 1 saturated carbocycles. The molecule has 1 fully saturated rings. The first-order valence-corrected chi connectivity index (χ1v) is 13.0. The van der Waals surface area contributed by atoms with Crippen molar-refractivity contribution in [1.82, 2.24) is 35.8 Å². The van der Waals surface area contributed by atoms with E-state index in [0.29, 0.717) is 35.1 Å². The highest BCUT2D eigenvalue weighted by molar-refractivity contribution is 5.93.